The number of para-hydroxylation sites is 5. The van der Waals surface area contributed by atoms with Gasteiger partial charge >= 0.3 is 0 Å². The first kappa shape index (κ1) is 16.6. The number of benzene rings is 7. The molecule has 0 spiro atoms. The predicted molar refractivity (Wildman–Crippen MR) is 207 cm³/mol. The Morgan fingerprint density at radius 3 is 1.47 bits per heavy atom. The number of rotatable bonds is 4. The monoisotopic (exact) mass is 669 g/mol. The van der Waals surface area contributed by atoms with Crippen LogP contribution in [0.25, 0.3) is 100.0 Å². The van der Waals surface area contributed by atoms with E-state index in [9.17, 15) is 5.48 Å². The molecule has 6 nitrogen and oxygen atoms in total. The van der Waals surface area contributed by atoms with E-state index in [1.165, 1.54) is 0 Å². The average Bonchev–Trinajstić information content (AvgIpc) is 4.03. The number of furan rings is 1. The molecule has 0 radical (unpaired) electrons. The van der Waals surface area contributed by atoms with Crippen LogP contribution in [-0.2, 0) is 0 Å². The Labute approximate surface area is 314 Å². The van der Waals surface area contributed by atoms with Gasteiger partial charge in [-0.3, -0.25) is 9.13 Å². The molecule has 0 fully saturated rings. The average molecular weight is 670 g/mol. The minimum absolute atomic E-state index is 0.211. The van der Waals surface area contributed by atoms with Crippen LogP contribution in [0.4, 0.5) is 0 Å². The van der Waals surface area contributed by atoms with Crippen LogP contribution in [-0.4, -0.2) is 24.1 Å². The van der Waals surface area contributed by atoms with Crippen molar-refractivity contribution >= 4 is 65.6 Å². The van der Waals surface area contributed by atoms with E-state index < -0.39 is 109 Å². The summed E-state index contributed by atoms with van der Waals surface area (Å²) in [5.74, 6) is -1.21. The smallest absolute Gasteiger partial charge is 0.240 e. The number of aromatic nitrogens is 5. The van der Waals surface area contributed by atoms with Gasteiger partial charge in [-0.2, -0.15) is 15.0 Å². The van der Waals surface area contributed by atoms with E-state index in [-0.39, 0.29) is 60.6 Å². The molecule has 6 heteroatoms. The SMILES string of the molecule is [2H]c1c([2H])c([2H])c2c(c1[2H])c1c([2H])c([2H])c([2H])c([2H])c1n2-c1nc(-c2ccc(-c3ccccc3)c3c2oc2ccccc23)nc(-n2c3c([2H])c([2H])c([2H])c([2H])c3c3c([2H])c([2H])c([2H])c([2H])c32)n1. The summed E-state index contributed by atoms with van der Waals surface area (Å²) in [4.78, 5) is 14.6. The molecule has 0 unspecified atom stereocenters. The van der Waals surface area contributed by atoms with Gasteiger partial charge in [-0.25, -0.2) is 0 Å². The highest BCUT2D eigenvalue weighted by Gasteiger charge is 2.23. The van der Waals surface area contributed by atoms with Gasteiger partial charge in [-0.05, 0) is 47.4 Å². The Morgan fingerprint density at radius 1 is 0.451 bits per heavy atom. The van der Waals surface area contributed by atoms with Gasteiger partial charge in [-0.1, -0.05) is 127 Å². The summed E-state index contributed by atoms with van der Waals surface area (Å²) in [5.41, 5.74) is 1.22. The van der Waals surface area contributed by atoms with E-state index in [0.717, 1.165) is 25.6 Å². The van der Waals surface area contributed by atoms with Gasteiger partial charge in [0, 0.05) is 32.3 Å². The van der Waals surface area contributed by atoms with Crippen molar-refractivity contribution in [2.24, 2.45) is 0 Å². The maximum absolute atomic E-state index is 9.20. The number of fused-ring (bicyclic) bond motifs is 9. The second kappa shape index (κ2) is 10.7. The van der Waals surface area contributed by atoms with Gasteiger partial charge in [0.1, 0.15) is 11.2 Å². The molecule has 0 aliphatic carbocycles. The van der Waals surface area contributed by atoms with Crippen LogP contribution < -0.4 is 0 Å². The molecule has 238 valence electrons. The minimum atomic E-state index is -0.707. The Kier molecular flexibility index (Phi) is 3.48. The fourth-order valence-corrected chi connectivity index (χ4v) is 6.78. The van der Waals surface area contributed by atoms with Gasteiger partial charge in [0.25, 0.3) is 0 Å². The number of nitrogens with zero attached hydrogens (tertiary/aromatic N) is 5. The van der Waals surface area contributed by atoms with Crippen molar-refractivity contribution in [3.8, 4) is 34.4 Å². The minimum Gasteiger partial charge on any atom is -0.455 e. The molecule has 0 saturated heterocycles. The summed E-state index contributed by atoms with van der Waals surface area (Å²) in [7, 11) is 0. The normalized spacial score (nSPS) is 16.3. The molecule has 0 amide bonds. The first-order valence-corrected chi connectivity index (χ1v) is 15.7. The van der Waals surface area contributed by atoms with Gasteiger partial charge in [0.05, 0.1) is 49.6 Å². The third-order valence-electron chi connectivity index (χ3n) is 8.93. The van der Waals surface area contributed by atoms with Gasteiger partial charge in [-0.15, -0.1) is 0 Å². The molecule has 0 aliphatic heterocycles. The van der Waals surface area contributed by atoms with Gasteiger partial charge in [0.15, 0.2) is 5.82 Å². The summed E-state index contributed by atoms with van der Waals surface area (Å²) in [6.45, 7) is 0. The van der Waals surface area contributed by atoms with E-state index in [2.05, 4.69) is 0 Å². The lowest BCUT2D eigenvalue weighted by molar-refractivity contribution is 0.669. The molecule has 0 atom stereocenters. The fraction of sp³-hybridized carbons (Fsp3) is 0. The highest BCUT2D eigenvalue weighted by atomic mass is 16.3. The summed E-state index contributed by atoms with van der Waals surface area (Å²) >= 11 is 0. The highest BCUT2D eigenvalue weighted by molar-refractivity contribution is 6.16. The number of hydrogen-bond acceptors (Lipinski definition) is 4. The van der Waals surface area contributed by atoms with Crippen LogP contribution in [0.3, 0.4) is 0 Å². The maximum atomic E-state index is 9.20. The van der Waals surface area contributed by atoms with Crippen LogP contribution in [0.5, 0.6) is 0 Å². The lowest BCUT2D eigenvalue weighted by atomic mass is 9.97. The summed E-state index contributed by atoms with van der Waals surface area (Å²) in [5, 5.41) is 0.262. The second-order valence-corrected chi connectivity index (χ2v) is 11.7. The molecule has 51 heavy (non-hydrogen) atoms. The molecule has 4 heterocycles. The molecular weight excluding hydrogens is 627 g/mol. The lowest BCUT2D eigenvalue weighted by Crippen LogP contribution is -2.10. The molecule has 0 N–H and O–H groups in total. The fourth-order valence-electron chi connectivity index (χ4n) is 6.78. The second-order valence-electron chi connectivity index (χ2n) is 11.7. The molecule has 11 aromatic rings. The molecular formula is C45H27N5O. The van der Waals surface area contributed by atoms with Crippen LogP contribution in [0.1, 0.15) is 21.9 Å². The van der Waals surface area contributed by atoms with Crippen molar-refractivity contribution in [2.45, 2.75) is 0 Å². The van der Waals surface area contributed by atoms with Crippen LogP contribution >= 0.6 is 0 Å². The third-order valence-corrected chi connectivity index (χ3v) is 8.93. The zero-order valence-electron chi connectivity index (χ0n) is 42.0. The molecule has 0 bridgehead atoms. The Morgan fingerprint density at radius 2 is 0.922 bits per heavy atom. The first-order chi connectivity index (χ1) is 32.0. The van der Waals surface area contributed by atoms with Crippen molar-refractivity contribution in [3.63, 3.8) is 0 Å². The quantitative estimate of drug-likeness (QED) is 0.187. The van der Waals surface area contributed by atoms with Gasteiger partial charge in [0.2, 0.25) is 11.9 Å². The summed E-state index contributed by atoms with van der Waals surface area (Å²) in [6.07, 6.45) is 0. The standard InChI is InChI=1S/C45H27N5O/c1-2-14-28(15-3-1)29-26-27-35(42-41(29)34-20-8-13-25-40(34)51-42)43-46-44(49-36-21-9-4-16-30(36)31-17-5-10-22-37(31)49)48-45(47-43)50-38-23-11-6-18-32(38)33-19-7-12-24-39(33)50/h1-27H/i4D,5D,6D,7D,9D,10D,11D,12D,16D,17D,18D,19D,21D,22D,23D,24D. The topological polar surface area (TPSA) is 61.7 Å². The predicted octanol–water partition coefficient (Wildman–Crippen LogP) is 11.3. The van der Waals surface area contributed by atoms with E-state index >= 15 is 0 Å². The molecule has 0 saturated carbocycles. The summed E-state index contributed by atoms with van der Waals surface area (Å²) in [6, 6.07) is 9.63. The van der Waals surface area contributed by atoms with Crippen molar-refractivity contribution in [1.82, 2.24) is 24.1 Å². The van der Waals surface area contributed by atoms with E-state index in [1.54, 1.807) is 18.2 Å². The largest absolute Gasteiger partial charge is 0.455 e. The van der Waals surface area contributed by atoms with Crippen LogP contribution in [0.2, 0.25) is 0 Å². The van der Waals surface area contributed by atoms with Crippen molar-refractivity contribution < 1.29 is 26.3 Å². The Balaban J connectivity index is 1.39. The zero-order chi connectivity index (χ0) is 47.4. The van der Waals surface area contributed by atoms with Gasteiger partial charge < -0.3 is 4.42 Å². The lowest BCUT2D eigenvalue weighted by Gasteiger charge is -2.13. The van der Waals surface area contributed by atoms with Crippen molar-refractivity contribution in [1.29, 1.82) is 0 Å². The van der Waals surface area contributed by atoms with E-state index in [0.29, 0.717) is 11.0 Å². The molecule has 0 aliphatic rings. The Hall–Kier alpha value is -7.05. The molecule has 7 aromatic carbocycles. The molecule has 4 aromatic heterocycles. The molecule has 11 rings (SSSR count). The highest BCUT2D eigenvalue weighted by Crippen LogP contribution is 2.42. The third kappa shape index (κ3) is 4.07. The summed E-state index contributed by atoms with van der Waals surface area (Å²) < 4.78 is 151. The van der Waals surface area contributed by atoms with Crippen molar-refractivity contribution in [3.05, 3.63) is 163 Å². The van der Waals surface area contributed by atoms with E-state index in [1.807, 2.05) is 48.5 Å². The van der Waals surface area contributed by atoms with Crippen LogP contribution in [0, 0.1) is 0 Å². The zero-order valence-corrected chi connectivity index (χ0v) is 26.0. The van der Waals surface area contributed by atoms with E-state index in [4.69, 9.17) is 35.8 Å². The number of hydrogen-bond donors (Lipinski definition) is 0. The maximum Gasteiger partial charge on any atom is 0.240 e. The van der Waals surface area contributed by atoms with Crippen molar-refractivity contribution in [2.75, 3.05) is 0 Å². The van der Waals surface area contributed by atoms with Crippen LogP contribution in [0.15, 0.2) is 168 Å². The first-order valence-electron chi connectivity index (χ1n) is 23.7. The Bertz CT molecular complexity index is 3740.